The minimum Gasteiger partial charge on any atom is -0.480 e. The highest BCUT2D eigenvalue weighted by Crippen LogP contribution is 2.31. The maximum Gasteiger partial charge on any atom is 0.323 e. The molecule has 1 rings (SSSR count). The quantitative estimate of drug-likeness (QED) is 0.642. The number of rotatable bonds is 6. The van der Waals surface area contributed by atoms with E-state index in [2.05, 4.69) is 0 Å². The molecule has 0 fully saturated rings. The van der Waals surface area contributed by atoms with Crippen LogP contribution in [0.2, 0.25) is 0 Å². The zero-order valence-corrected chi connectivity index (χ0v) is 12.5. The van der Waals surface area contributed by atoms with E-state index in [1.165, 1.54) is 0 Å². The first-order chi connectivity index (χ1) is 9.37. The number of carbonyl (C=O) groups excluding carboxylic acids is 1. The summed E-state index contributed by atoms with van der Waals surface area (Å²) in [6, 6.07) is 5.84. The molecule has 4 nitrogen and oxygen atoms in total. The van der Waals surface area contributed by atoms with E-state index >= 15 is 0 Å². The minimum absolute atomic E-state index is 0.158. The molecule has 0 amide bonds. The van der Waals surface area contributed by atoms with Crippen molar-refractivity contribution in [2.75, 3.05) is 6.61 Å². The summed E-state index contributed by atoms with van der Waals surface area (Å²) in [5.74, 6) is -1.78. The number of aliphatic carboxylic acids is 1. The van der Waals surface area contributed by atoms with Crippen molar-refractivity contribution in [2.45, 2.75) is 40.5 Å². The van der Waals surface area contributed by atoms with Crippen molar-refractivity contribution in [1.29, 1.82) is 0 Å². The van der Waals surface area contributed by atoms with Gasteiger partial charge in [-0.25, -0.2) is 0 Å². The Morgan fingerprint density at radius 2 is 1.90 bits per heavy atom. The second-order valence-electron chi connectivity index (χ2n) is 5.07. The molecule has 0 aliphatic carbocycles. The number of carboxylic acid groups (broad SMARTS) is 1. The van der Waals surface area contributed by atoms with Crippen LogP contribution in [-0.2, 0) is 20.7 Å². The van der Waals surface area contributed by atoms with E-state index in [1.54, 1.807) is 13.8 Å². The normalized spacial score (nSPS) is 13.6. The van der Waals surface area contributed by atoms with Crippen LogP contribution in [0.1, 0.15) is 37.0 Å². The van der Waals surface area contributed by atoms with Gasteiger partial charge in [-0.05, 0) is 44.7 Å². The van der Waals surface area contributed by atoms with Gasteiger partial charge in [-0.1, -0.05) is 30.7 Å². The smallest absolute Gasteiger partial charge is 0.323 e. The molecule has 1 aromatic carbocycles. The van der Waals surface area contributed by atoms with Crippen molar-refractivity contribution in [3.05, 3.63) is 34.9 Å². The Labute approximate surface area is 119 Å². The second kappa shape index (κ2) is 6.55. The first-order valence-electron chi connectivity index (χ1n) is 6.84. The van der Waals surface area contributed by atoms with E-state index in [9.17, 15) is 14.7 Å². The molecule has 0 aliphatic heterocycles. The van der Waals surface area contributed by atoms with Crippen LogP contribution in [0.5, 0.6) is 0 Å². The van der Waals surface area contributed by atoms with E-state index in [0.717, 1.165) is 16.7 Å². The summed E-state index contributed by atoms with van der Waals surface area (Å²) in [5, 5.41) is 9.54. The van der Waals surface area contributed by atoms with Gasteiger partial charge in [0.25, 0.3) is 0 Å². The summed E-state index contributed by atoms with van der Waals surface area (Å²) in [4.78, 5) is 23.8. The van der Waals surface area contributed by atoms with Crippen LogP contribution in [-0.4, -0.2) is 23.7 Å². The third kappa shape index (κ3) is 3.18. The summed E-state index contributed by atoms with van der Waals surface area (Å²) < 4.78 is 4.98. The first-order valence-corrected chi connectivity index (χ1v) is 6.84. The van der Waals surface area contributed by atoms with Gasteiger partial charge in [-0.15, -0.1) is 0 Å². The third-order valence-electron chi connectivity index (χ3n) is 3.68. The van der Waals surface area contributed by atoms with Crippen LogP contribution in [0.15, 0.2) is 18.2 Å². The molecule has 110 valence electrons. The number of benzene rings is 1. The fraction of sp³-hybridized carbons (Fsp3) is 0.500. The first kappa shape index (κ1) is 16.2. The molecule has 1 aromatic rings. The number of esters is 1. The van der Waals surface area contributed by atoms with Crippen molar-refractivity contribution in [3.63, 3.8) is 0 Å². The molecular weight excluding hydrogens is 256 g/mol. The summed E-state index contributed by atoms with van der Waals surface area (Å²) in [7, 11) is 0. The largest absolute Gasteiger partial charge is 0.480 e. The van der Waals surface area contributed by atoms with Gasteiger partial charge in [0.1, 0.15) is 0 Å². The van der Waals surface area contributed by atoms with Gasteiger partial charge in [0.15, 0.2) is 5.41 Å². The van der Waals surface area contributed by atoms with Gasteiger partial charge < -0.3 is 9.84 Å². The molecule has 0 aliphatic rings. The Hall–Kier alpha value is -1.84. The molecular formula is C16H22O4. The maximum absolute atomic E-state index is 12.1. The summed E-state index contributed by atoms with van der Waals surface area (Å²) in [6.45, 7) is 7.43. The van der Waals surface area contributed by atoms with Crippen molar-refractivity contribution in [2.24, 2.45) is 5.41 Å². The Kier molecular flexibility index (Phi) is 5.31. The zero-order chi connectivity index (χ0) is 15.3. The highest BCUT2D eigenvalue weighted by atomic mass is 16.5. The van der Waals surface area contributed by atoms with E-state index in [4.69, 9.17) is 4.74 Å². The van der Waals surface area contributed by atoms with Gasteiger partial charge in [0.2, 0.25) is 0 Å². The molecule has 0 bridgehead atoms. The van der Waals surface area contributed by atoms with Crippen LogP contribution >= 0.6 is 0 Å². The van der Waals surface area contributed by atoms with Crippen LogP contribution in [0.25, 0.3) is 0 Å². The highest BCUT2D eigenvalue weighted by Gasteiger charge is 2.46. The molecule has 0 saturated heterocycles. The average molecular weight is 278 g/mol. The number of ether oxygens (including phenoxy) is 1. The number of carbonyl (C=O) groups is 2. The Morgan fingerprint density at radius 3 is 2.40 bits per heavy atom. The lowest BCUT2D eigenvalue weighted by atomic mass is 9.78. The molecule has 1 unspecified atom stereocenters. The van der Waals surface area contributed by atoms with Crippen molar-refractivity contribution in [1.82, 2.24) is 0 Å². The Bertz CT molecular complexity index is 507. The molecule has 0 saturated carbocycles. The van der Waals surface area contributed by atoms with Gasteiger partial charge in [0.05, 0.1) is 6.61 Å². The number of hydrogen-bond donors (Lipinski definition) is 1. The average Bonchev–Trinajstić information content (AvgIpc) is 2.39. The monoisotopic (exact) mass is 278 g/mol. The summed E-state index contributed by atoms with van der Waals surface area (Å²) >= 11 is 0. The van der Waals surface area contributed by atoms with Gasteiger partial charge >= 0.3 is 11.9 Å². The van der Waals surface area contributed by atoms with Crippen molar-refractivity contribution in [3.8, 4) is 0 Å². The lowest BCUT2D eigenvalue weighted by Gasteiger charge is -2.26. The van der Waals surface area contributed by atoms with Gasteiger partial charge in [0, 0.05) is 0 Å². The van der Waals surface area contributed by atoms with Crippen LogP contribution in [0.3, 0.4) is 0 Å². The predicted molar refractivity (Wildman–Crippen MR) is 76.6 cm³/mol. The molecule has 0 radical (unpaired) electrons. The zero-order valence-electron chi connectivity index (χ0n) is 12.5. The molecule has 1 N–H and O–H groups in total. The molecule has 0 spiro atoms. The van der Waals surface area contributed by atoms with E-state index in [1.807, 2.05) is 32.0 Å². The lowest BCUT2D eigenvalue weighted by Crippen LogP contribution is -2.42. The van der Waals surface area contributed by atoms with Gasteiger partial charge in [-0.3, -0.25) is 9.59 Å². The molecule has 4 heteroatoms. The SMILES string of the molecule is CCOC(=O)C(CC)(Cc1cc(C)ccc1C)C(=O)O. The topological polar surface area (TPSA) is 63.6 Å². The predicted octanol–water partition coefficient (Wildman–Crippen LogP) is 2.89. The number of hydrogen-bond acceptors (Lipinski definition) is 3. The number of aryl methyl sites for hydroxylation is 2. The molecule has 1 atom stereocenters. The van der Waals surface area contributed by atoms with Crippen molar-refractivity contribution >= 4 is 11.9 Å². The fourth-order valence-corrected chi connectivity index (χ4v) is 2.24. The Balaban J connectivity index is 3.22. The van der Waals surface area contributed by atoms with Crippen LogP contribution in [0, 0.1) is 19.3 Å². The van der Waals surface area contributed by atoms with E-state index in [-0.39, 0.29) is 19.4 Å². The highest BCUT2D eigenvalue weighted by molar-refractivity contribution is 5.99. The Morgan fingerprint density at radius 1 is 1.25 bits per heavy atom. The summed E-state index contributed by atoms with van der Waals surface area (Å²) in [6.07, 6.45) is 0.361. The molecule has 0 heterocycles. The standard InChI is InChI=1S/C16H22O4/c1-5-16(14(17)18,15(19)20-6-2)10-13-9-11(3)7-8-12(13)4/h7-9H,5-6,10H2,1-4H3,(H,17,18). The maximum atomic E-state index is 12.1. The van der Waals surface area contributed by atoms with Crippen LogP contribution < -0.4 is 0 Å². The van der Waals surface area contributed by atoms with Crippen LogP contribution in [0.4, 0.5) is 0 Å². The van der Waals surface area contributed by atoms with E-state index in [0.29, 0.717) is 0 Å². The minimum atomic E-state index is -1.51. The van der Waals surface area contributed by atoms with Crippen molar-refractivity contribution < 1.29 is 19.4 Å². The number of carboxylic acids is 1. The van der Waals surface area contributed by atoms with E-state index < -0.39 is 17.4 Å². The molecule has 20 heavy (non-hydrogen) atoms. The summed E-state index contributed by atoms with van der Waals surface area (Å²) in [5.41, 5.74) is 1.40. The third-order valence-corrected chi connectivity index (χ3v) is 3.68. The second-order valence-corrected chi connectivity index (χ2v) is 5.07. The molecule has 0 aromatic heterocycles. The fourth-order valence-electron chi connectivity index (χ4n) is 2.24. The lowest BCUT2D eigenvalue weighted by molar-refractivity contribution is -0.168. The van der Waals surface area contributed by atoms with Gasteiger partial charge in [-0.2, -0.15) is 0 Å².